The number of para-hydroxylation sites is 3. The number of anilines is 2. The fraction of sp³-hybridized carbons (Fsp3) is 0.185. The molecule has 0 spiro atoms. The first kappa shape index (κ1) is 37.4. The third kappa shape index (κ3) is 7.97. The van der Waals surface area contributed by atoms with E-state index in [1.165, 1.54) is 12.1 Å². The smallest absolute Gasteiger partial charge is 0.135 e. The van der Waals surface area contributed by atoms with E-state index in [0.29, 0.717) is 44.9 Å². The second-order valence-corrected chi connectivity index (χ2v) is 20.6. The Morgan fingerprint density at radius 3 is 1.82 bits per heavy atom. The van der Waals surface area contributed by atoms with Crippen molar-refractivity contribution in [1.29, 1.82) is 0 Å². The van der Waals surface area contributed by atoms with Crippen molar-refractivity contribution in [2.75, 3.05) is 4.90 Å². The van der Waals surface area contributed by atoms with Gasteiger partial charge in [-0.15, -0.1) is 24.3 Å². The number of aromatic nitrogens is 4. The van der Waals surface area contributed by atoms with Gasteiger partial charge in [0.1, 0.15) is 5.82 Å². The number of ether oxygens (including phenoxy) is 1. The molecule has 0 saturated heterocycles. The Kier molecular flexibility index (Phi) is 9.05. The second-order valence-electron chi connectivity index (χ2n) is 20.6. The van der Waals surface area contributed by atoms with Crippen LogP contribution >= 0.6 is 0 Å². The van der Waals surface area contributed by atoms with E-state index >= 15 is 0 Å². The Bertz CT molecular complexity index is 4350. The number of fused-ring (bicyclic) bond motifs is 10. The summed E-state index contributed by atoms with van der Waals surface area (Å²) in [6.07, 6.45) is 3.51. The summed E-state index contributed by atoms with van der Waals surface area (Å²) in [7, 11) is 0. The maximum absolute atomic E-state index is 8.79. The molecular formula is C65H56N5OPt-3. The molecule has 1 aliphatic rings. The molecule has 0 N–H and O–H groups in total. The monoisotopic (exact) mass is 1130 g/mol. The molecule has 7 heteroatoms. The Hall–Kier alpha value is -7.40. The summed E-state index contributed by atoms with van der Waals surface area (Å²) in [4.78, 5) is 11.8. The molecule has 0 radical (unpaired) electrons. The largest absolute Gasteiger partial charge is 0.508 e. The minimum atomic E-state index is -3.48. The number of hydrogen-bond acceptors (Lipinski definition) is 4. The maximum atomic E-state index is 8.79. The SMILES string of the molecule is [2H]C([2H])([2H])C(c1cc(-c2cccc3c4ccccc4c4ccccc4c4cccc5c4n(c23)[CH-]N5c2[c-]c(Oc3[c-]c4c(nc3)c3ccccc3n4-c3cc(C(C)(C)C)ccn3)ccc2)cc(C(C)(C)C)c1)(C([2H])([2H])[2H])C([2H])([2H])[2H].[Pt]. The Morgan fingerprint density at radius 1 is 0.542 bits per heavy atom. The quantitative estimate of drug-likeness (QED) is 0.161. The summed E-state index contributed by atoms with van der Waals surface area (Å²) in [5.74, 6) is 1.53. The van der Waals surface area contributed by atoms with E-state index in [9.17, 15) is 0 Å². The summed E-state index contributed by atoms with van der Waals surface area (Å²) >= 11 is 0. The van der Waals surface area contributed by atoms with Gasteiger partial charge in [0.25, 0.3) is 0 Å². The van der Waals surface area contributed by atoms with Crippen LogP contribution in [0.2, 0.25) is 0 Å². The summed E-state index contributed by atoms with van der Waals surface area (Å²) in [6.45, 7) is 3.91. The van der Waals surface area contributed by atoms with Gasteiger partial charge in [-0.25, -0.2) is 4.98 Å². The second kappa shape index (κ2) is 17.4. The van der Waals surface area contributed by atoms with E-state index < -0.39 is 31.4 Å². The average Bonchev–Trinajstić information content (AvgIpc) is 4.19. The van der Waals surface area contributed by atoms with Crippen LogP contribution in [0.5, 0.6) is 11.5 Å². The van der Waals surface area contributed by atoms with Crippen LogP contribution in [0.15, 0.2) is 170 Å². The zero-order valence-electron chi connectivity index (χ0n) is 49.7. The van der Waals surface area contributed by atoms with Crippen LogP contribution < -0.4 is 9.64 Å². The fourth-order valence-corrected chi connectivity index (χ4v) is 10.2. The number of benzene rings is 7. The molecule has 11 aromatic rings. The van der Waals surface area contributed by atoms with Crippen molar-refractivity contribution in [2.24, 2.45) is 0 Å². The summed E-state index contributed by atoms with van der Waals surface area (Å²) < 4.78 is 89.9. The van der Waals surface area contributed by atoms with Gasteiger partial charge >= 0.3 is 0 Å². The standard InChI is InChI=1S/C65H56N5O.Pt/c1-63(2,3)42-31-32-66-59(36-42)70-56-29-15-14-25-55(56)60-58(70)38-47(39-67-60)71-46-20-16-19-45(37-46)68-40-69-61-48(41-33-43(64(4,5)6)35-44(34-41)65(7,8)9)26-17-27-53(61)51-23-12-10-21-49(51)50-22-11-13-24-52(50)54-28-18-30-57(68)62(54)69;/h10-36,39-40H,1-9H3;/q-3;/i4D3,5D3,6D3;. The van der Waals surface area contributed by atoms with Gasteiger partial charge in [0, 0.05) is 62.3 Å². The molecule has 0 amide bonds. The molecule has 7 aromatic carbocycles. The Morgan fingerprint density at radius 2 is 1.14 bits per heavy atom. The molecule has 0 bridgehead atoms. The van der Waals surface area contributed by atoms with Gasteiger partial charge in [0.05, 0.1) is 0 Å². The topological polar surface area (TPSA) is 48.1 Å². The molecule has 0 saturated carbocycles. The predicted octanol–water partition coefficient (Wildman–Crippen LogP) is 17.2. The van der Waals surface area contributed by atoms with Gasteiger partial charge < -0.3 is 23.8 Å². The Labute approximate surface area is 449 Å². The van der Waals surface area contributed by atoms with Crippen molar-refractivity contribution in [2.45, 2.75) is 78.3 Å². The number of pyridine rings is 2. The van der Waals surface area contributed by atoms with Gasteiger partial charge in [0.2, 0.25) is 0 Å². The molecule has 0 fully saturated rings. The van der Waals surface area contributed by atoms with Crippen LogP contribution in [-0.2, 0) is 37.3 Å². The molecular weight excluding hydrogens is 1060 g/mol. The number of nitrogens with zero attached hydrogens (tertiary/aromatic N) is 5. The summed E-state index contributed by atoms with van der Waals surface area (Å²) in [5, 5.41) is 6.58. The maximum Gasteiger partial charge on any atom is 0.135 e. The van der Waals surface area contributed by atoms with Crippen molar-refractivity contribution in [3.63, 3.8) is 0 Å². The van der Waals surface area contributed by atoms with E-state index in [1.807, 2.05) is 125 Å². The van der Waals surface area contributed by atoms with Gasteiger partial charge in [-0.3, -0.25) is 0 Å². The van der Waals surface area contributed by atoms with E-state index in [4.69, 9.17) is 27.0 Å². The number of hydrogen-bond donors (Lipinski definition) is 0. The molecule has 4 aromatic heterocycles. The van der Waals surface area contributed by atoms with Crippen LogP contribution in [0.4, 0.5) is 11.4 Å². The minimum Gasteiger partial charge on any atom is -0.508 e. The molecule has 12 rings (SSSR count). The molecule has 0 aliphatic carbocycles. The predicted molar refractivity (Wildman–Crippen MR) is 296 cm³/mol. The molecule has 6 nitrogen and oxygen atoms in total. The van der Waals surface area contributed by atoms with Crippen molar-refractivity contribution in [3.8, 4) is 28.4 Å². The first-order valence-electron chi connectivity index (χ1n) is 28.4. The van der Waals surface area contributed by atoms with Crippen molar-refractivity contribution >= 4 is 76.7 Å². The molecule has 5 heterocycles. The normalized spacial score (nSPS) is 15.1. The first-order valence-corrected chi connectivity index (χ1v) is 23.9. The number of rotatable bonds is 5. The van der Waals surface area contributed by atoms with Crippen LogP contribution in [0.25, 0.3) is 82.2 Å². The van der Waals surface area contributed by atoms with Crippen LogP contribution in [-0.4, -0.2) is 19.1 Å². The zero-order valence-corrected chi connectivity index (χ0v) is 43.0. The zero-order chi connectivity index (χ0) is 56.5. The van der Waals surface area contributed by atoms with E-state index in [0.717, 1.165) is 71.3 Å². The van der Waals surface area contributed by atoms with E-state index in [2.05, 4.69) is 102 Å². The summed E-state index contributed by atoms with van der Waals surface area (Å²) in [5.41, 5.74) is 3.82. The molecule has 0 atom stereocenters. The molecule has 72 heavy (non-hydrogen) atoms. The Balaban J connectivity index is 0.00000690. The van der Waals surface area contributed by atoms with Crippen LogP contribution in [0, 0.1) is 18.8 Å². The van der Waals surface area contributed by atoms with Gasteiger partial charge in [-0.1, -0.05) is 183 Å². The van der Waals surface area contributed by atoms with Crippen LogP contribution in [0.3, 0.4) is 0 Å². The van der Waals surface area contributed by atoms with E-state index in [1.54, 1.807) is 6.20 Å². The fourth-order valence-electron chi connectivity index (χ4n) is 10.2. The molecule has 1 aliphatic heterocycles. The third-order valence-electron chi connectivity index (χ3n) is 13.8. The van der Waals surface area contributed by atoms with Crippen molar-refractivity contribution in [3.05, 3.63) is 206 Å². The van der Waals surface area contributed by atoms with Gasteiger partial charge in [0.15, 0.2) is 0 Å². The van der Waals surface area contributed by atoms with Crippen LogP contribution in [0.1, 0.15) is 91.1 Å². The molecule has 0 unspecified atom stereocenters. The van der Waals surface area contributed by atoms with Crippen molar-refractivity contribution < 1.29 is 38.1 Å². The van der Waals surface area contributed by atoms with Gasteiger partial charge in [-0.05, 0) is 141 Å². The van der Waals surface area contributed by atoms with Gasteiger partial charge in [-0.2, -0.15) is 6.07 Å². The first-order chi connectivity index (χ1) is 37.8. The summed E-state index contributed by atoms with van der Waals surface area (Å²) in [6, 6.07) is 58.5. The third-order valence-corrected chi connectivity index (χ3v) is 13.8. The molecule has 360 valence electrons. The van der Waals surface area contributed by atoms with E-state index in [-0.39, 0.29) is 32.0 Å². The van der Waals surface area contributed by atoms with Crippen molar-refractivity contribution in [1.82, 2.24) is 19.1 Å². The minimum absolute atomic E-state index is 0. The average molecular weight is 1130 g/mol.